The van der Waals surface area contributed by atoms with E-state index >= 15 is 4.39 Å². The Kier molecular flexibility index (Phi) is 7.78. The second-order valence-corrected chi connectivity index (χ2v) is 16.6. The molecule has 5 fully saturated rings. The largest absolute Gasteiger partial charge is 0.461 e. The highest BCUT2D eigenvalue weighted by Gasteiger charge is 2.53. The zero-order valence-corrected chi connectivity index (χ0v) is 29.7. The summed E-state index contributed by atoms with van der Waals surface area (Å²) in [4.78, 5) is 28.5. The Labute approximate surface area is 306 Å². The molecule has 2 N–H and O–H groups in total. The summed E-state index contributed by atoms with van der Waals surface area (Å²) >= 11 is 7.82. The Bertz CT molecular complexity index is 2270. The topological polar surface area (TPSA) is 135 Å². The molecule has 2 aromatic carbocycles. The fourth-order valence-corrected chi connectivity index (χ4v) is 10.5. The summed E-state index contributed by atoms with van der Waals surface area (Å²) in [6.07, 6.45) is 3.40. The van der Waals surface area contributed by atoms with Crippen molar-refractivity contribution < 1.29 is 22.7 Å². The monoisotopic (exact) mass is 746 g/mol. The number of carbonyl (C=O) groups is 1. The number of hydrogen-bond acceptors (Lipinski definition) is 10. The number of nitriles is 2. The molecule has 10 nitrogen and oxygen atoms in total. The van der Waals surface area contributed by atoms with Gasteiger partial charge in [-0.2, -0.15) is 20.5 Å². The van der Waals surface area contributed by atoms with E-state index < -0.39 is 23.3 Å². The quantitative estimate of drug-likeness (QED) is 0.237. The van der Waals surface area contributed by atoms with Crippen LogP contribution in [0, 0.1) is 51.5 Å². The van der Waals surface area contributed by atoms with Crippen molar-refractivity contribution in [2.45, 2.75) is 50.2 Å². The second kappa shape index (κ2) is 12.1. The third kappa shape index (κ3) is 5.17. The number of amides is 1. The Hall–Kier alpha value is -4.37. The average Bonchev–Trinajstić information content (AvgIpc) is 3.55. The average molecular weight is 747 g/mol. The Balaban J connectivity index is 1.12. The summed E-state index contributed by atoms with van der Waals surface area (Å²) in [6, 6.07) is 8.36. The summed E-state index contributed by atoms with van der Waals surface area (Å²) in [6.45, 7) is 3.57. The first-order valence-electron chi connectivity index (χ1n) is 17.6. The molecule has 4 atom stereocenters. The van der Waals surface area contributed by atoms with Crippen LogP contribution in [0.3, 0.4) is 0 Å². The highest BCUT2D eigenvalue weighted by atomic mass is 35.5. The fraction of sp³-hybridized carbons (Fsp3) is 0.486. The minimum Gasteiger partial charge on any atom is -0.461 e. The molecular formula is C37H34ClF3N8O2S. The number of nitrogens with zero attached hydrogens (tertiary/aromatic N) is 7. The Morgan fingerprint density at radius 3 is 2.73 bits per heavy atom. The molecule has 4 aliphatic heterocycles. The third-order valence-corrected chi connectivity index (χ3v) is 13.2. The number of hydrogen-bond donors (Lipinski definition) is 1. The maximum absolute atomic E-state index is 17.2. The van der Waals surface area contributed by atoms with Crippen molar-refractivity contribution >= 4 is 60.7 Å². The number of benzene rings is 2. The number of thiophene rings is 1. The van der Waals surface area contributed by atoms with Gasteiger partial charge in [-0.3, -0.25) is 9.69 Å². The number of aromatic nitrogens is 2. The molecule has 1 spiro atoms. The maximum atomic E-state index is 17.2. The maximum Gasteiger partial charge on any atom is 0.319 e. The number of anilines is 2. The van der Waals surface area contributed by atoms with Crippen LogP contribution >= 0.6 is 22.9 Å². The van der Waals surface area contributed by atoms with E-state index in [-0.39, 0.29) is 78.1 Å². The van der Waals surface area contributed by atoms with E-state index in [0.717, 1.165) is 43.6 Å². The molecule has 1 aliphatic carbocycles. The number of nitrogen functional groups attached to an aromatic ring is 1. The van der Waals surface area contributed by atoms with Crippen LogP contribution in [0.1, 0.15) is 44.1 Å². The van der Waals surface area contributed by atoms with E-state index in [1.165, 1.54) is 12.1 Å². The first kappa shape index (κ1) is 33.5. The fourth-order valence-electron chi connectivity index (χ4n) is 9.28. The lowest BCUT2D eigenvalue weighted by Crippen LogP contribution is -2.64. The van der Waals surface area contributed by atoms with Crippen molar-refractivity contribution in [1.82, 2.24) is 19.8 Å². The van der Waals surface area contributed by atoms with Gasteiger partial charge in [-0.15, -0.1) is 11.3 Å². The van der Waals surface area contributed by atoms with Gasteiger partial charge >= 0.3 is 6.01 Å². The number of rotatable bonds is 6. The van der Waals surface area contributed by atoms with Crippen LogP contribution < -0.4 is 15.4 Å². The summed E-state index contributed by atoms with van der Waals surface area (Å²) in [5, 5.41) is 19.8. The number of nitrogens with two attached hydrogens (primary N) is 1. The minimum absolute atomic E-state index is 0.0223. The van der Waals surface area contributed by atoms with Gasteiger partial charge < -0.3 is 20.3 Å². The lowest BCUT2D eigenvalue weighted by Gasteiger charge is -2.55. The molecule has 0 bridgehead atoms. The van der Waals surface area contributed by atoms with Gasteiger partial charge in [-0.05, 0) is 56.3 Å². The second-order valence-electron chi connectivity index (χ2n) is 15.2. The minimum atomic E-state index is -0.958. The van der Waals surface area contributed by atoms with Crippen molar-refractivity contribution in [3.63, 3.8) is 0 Å². The SMILES string of the molecule is N#Cc1c(N)sc2c(F)ccc(-c3c(Cl)cc4c(N5CCCC6(CN(C(=O)[C@@H]7C[C@H]7C#N)C6)C5)nc(OC[C@@]56CCCN5C[C@H](F)C6)nc4c3F)c12. The number of halogens is 4. The molecule has 15 heteroatoms. The predicted octanol–water partition coefficient (Wildman–Crippen LogP) is 6.44. The smallest absolute Gasteiger partial charge is 0.319 e. The third-order valence-electron chi connectivity index (χ3n) is 11.9. The zero-order chi connectivity index (χ0) is 36.1. The summed E-state index contributed by atoms with van der Waals surface area (Å²) in [5.41, 5.74) is 5.54. The molecule has 1 amide bonds. The van der Waals surface area contributed by atoms with Gasteiger partial charge in [0.1, 0.15) is 41.0 Å². The summed E-state index contributed by atoms with van der Waals surface area (Å²) in [5.74, 6) is -1.33. The van der Waals surface area contributed by atoms with E-state index in [4.69, 9.17) is 27.1 Å². The van der Waals surface area contributed by atoms with Crippen LogP contribution in [0.2, 0.25) is 5.02 Å². The highest BCUT2D eigenvalue weighted by Crippen LogP contribution is 2.49. The van der Waals surface area contributed by atoms with Crippen molar-refractivity contribution in [3.8, 4) is 29.3 Å². The number of fused-ring (bicyclic) bond motifs is 3. The van der Waals surface area contributed by atoms with Gasteiger partial charge in [0.25, 0.3) is 0 Å². The Morgan fingerprint density at radius 1 is 1.15 bits per heavy atom. The molecule has 268 valence electrons. The highest BCUT2D eigenvalue weighted by molar-refractivity contribution is 7.23. The van der Waals surface area contributed by atoms with Crippen molar-refractivity contribution in [2.75, 3.05) is 56.5 Å². The van der Waals surface area contributed by atoms with Gasteiger partial charge in [0.15, 0.2) is 5.82 Å². The van der Waals surface area contributed by atoms with Gasteiger partial charge in [-0.1, -0.05) is 17.7 Å². The molecule has 4 saturated heterocycles. The number of ether oxygens (including phenoxy) is 1. The predicted molar refractivity (Wildman–Crippen MR) is 191 cm³/mol. The number of piperidine rings is 1. The van der Waals surface area contributed by atoms with E-state index in [1.807, 2.05) is 11.0 Å². The van der Waals surface area contributed by atoms with E-state index in [2.05, 4.69) is 20.9 Å². The standard InChI is InChI=1S/C37H34ClF3N8O2S/c38-25-10-23-30(29(41)28(25)21-3-4-26(40)31-27(21)24(13-43)32(44)52-31)45-35(51-18-37-6-2-8-49(37)14-20(39)11-37)46-33(23)47-7-1-5-36(15-47)16-48(17-36)34(50)22-9-19(22)12-42/h3-4,10,19-20,22H,1-2,5-9,11,14-18,44H2/t19-,20+,22+,37-/m0/s1. The summed E-state index contributed by atoms with van der Waals surface area (Å²) < 4.78 is 53.1. The number of carbonyl (C=O) groups excluding carboxylic acids is 1. The molecule has 5 aliphatic rings. The number of likely N-dealkylation sites (tertiary alicyclic amines) is 1. The first-order valence-corrected chi connectivity index (χ1v) is 18.8. The van der Waals surface area contributed by atoms with Crippen LogP contribution in [0.25, 0.3) is 32.1 Å². The normalized spacial score (nSPS) is 26.4. The van der Waals surface area contributed by atoms with Crippen LogP contribution in [0.15, 0.2) is 18.2 Å². The summed E-state index contributed by atoms with van der Waals surface area (Å²) in [7, 11) is 0. The molecule has 52 heavy (non-hydrogen) atoms. The first-order chi connectivity index (χ1) is 25.0. The van der Waals surface area contributed by atoms with Crippen LogP contribution in [0.4, 0.5) is 24.0 Å². The van der Waals surface area contributed by atoms with E-state index in [1.54, 1.807) is 6.07 Å². The van der Waals surface area contributed by atoms with Crippen molar-refractivity contribution in [3.05, 3.63) is 40.4 Å². The molecule has 0 unspecified atom stereocenters. The molecule has 4 aromatic rings. The lowest BCUT2D eigenvalue weighted by molar-refractivity contribution is -0.145. The van der Waals surface area contributed by atoms with Gasteiger partial charge in [0.2, 0.25) is 5.91 Å². The molecule has 0 radical (unpaired) electrons. The van der Waals surface area contributed by atoms with Crippen molar-refractivity contribution in [2.24, 2.45) is 17.3 Å². The number of alkyl halides is 1. The van der Waals surface area contributed by atoms with E-state index in [0.29, 0.717) is 56.8 Å². The van der Waals surface area contributed by atoms with Crippen LogP contribution in [0.5, 0.6) is 6.01 Å². The van der Waals surface area contributed by atoms with E-state index in [9.17, 15) is 24.1 Å². The zero-order valence-electron chi connectivity index (χ0n) is 28.1. The van der Waals surface area contributed by atoms with Crippen LogP contribution in [-0.2, 0) is 4.79 Å². The molecule has 9 rings (SSSR count). The van der Waals surface area contributed by atoms with Gasteiger partial charge in [-0.25, -0.2) is 13.2 Å². The van der Waals surface area contributed by atoms with Crippen molar-refractivity contribution in [1.29, 1.82) is 10.5 Å². The van der Waals surface area contributed by atoms with Crippen LogP contribution in [-0.4, -0.2) is 83.3 Å². The molecule has 6 heterocycles. The van der Waals surface area contributed by atoms with Gasteiger partial charge in [0.05, 0.1) is 38.7 Å². The molecule has 1 saturated carbocycles. The molecule has 2 aromatic heterocycles. The van der Waals surface area contributed by atoms with Gasteiger partial charge in [0, 0.05) is 60.9 Å². The Morgan fingerprint density at radius 2 is 1.96 bits per heavy atom. The molecular weight excluding hydrogens is 713 g/mol. The lowest BCUT2D eigenvalue weighted by atomic mass is 9.73.